The van der Waals surface area contributed by atoms with Crippen molar-refractivity contribution in [2.24, 2.45) is 11.8 Å². The summed E-state index contributed by atoms with van der Waals surface area (Å²) in [4.78, 5) is 0. The zero-order valence-corrected chi connectivity index (χ0v) is 10.4. The molecule has 0 amide bonds. The topological polar surface area (TPSA) is 38.0 Å². The fraction of sp³-hybridized carbons (Fsp3) is 1.00. The van der Waals surface area contributed by atoms with E-state index in [2.05, 4.69) is 40.0 Å². The number of rotatable bonds is 5. The van der Waals surface area contributed by atoms with Crippen molar-refractivity contribution in [1.82, 2.24) is 5.43 Å². The average Bonchev–Trinajstić information content (AvgIpc) is 1.95. The van der Waals surface area contributed by atoms with E-state index < -0.39 is 0 Å². The third-order valence-corrected chi connectivity index (χ3v) is 3.14. The highest BCUT2D eigenvalue weighted by Gasteiger charge is 2.15. The van der Waals surface area contributed by atoms with Gasteiger partial charge in [-0.2, -0.15) is 11.8 Å². The highest BCUT2D eigenvalue weighted by atomic mass is 32.2. The van der Waals surface area contributed by atoms with Gasteiger partial charge in [0.1, 0.15) is 0 Å². The molecule has 0 radical (unpaired) electrons. The molecule has 1 atom stereocenters. The van der Waals surface area contributed by atoms with Crippen LogP contribution in [0.4, 0.5) is 0 Å². The zero-order chi connectivity index (χ0) is 10.5. The smallest absolute Gasteiger partial charge is 0.0303 e. The fourth-order valence-corrected chi connectivity index (χ4v) is 2.04. The van der Waals surface area contributed by atoms with Crippen LogP contribution >= 0.6 is 11.8 Å². The highest BCUT2D eigenvalue weighted by Crippen LogP contribution is 2.24. The Morgan fingerprint density at radius 3 is 2.15 bits per heavy atom. The van der Waals surface area contributed by atoms with E-state index >= 15 is 0 Å². The second kappa shape index (κ2) is 5.89. The lowest BCUT2D eigenvalue weighted by molar-refractivity contribution is 0.455. The largest absolute Gasteiger partial charge is 0.271 e. The molecule has 0 heterocycles. The van der Waals surface area contributed by atoms with Gasteiger partial charge in [0.05, 0.1) is 0 Å². The minimum atomic E-state index is 0.339. The van der Waals surface area contributed by atoms with Gasteiger partial charge < -0.3 is 0 Å². The molecule has 0 rings (SSSR count). The van der Waals surface area contributed by atoms with Crippen LogP contribution < -0.4 is 11.3 Å². The molecule has 0 aliphatic carbocycles. The molecule has 0 aromatic rings. The Kier molecular flexibility index (Phi) is 6.01. The lowest BCUT2D eigenvalue weighted by Crippen LogP contribution is -2.38. The molecule has 0 aromatic heterocycles. The average molecular weight is 204 g/mol. The lowest BCUT2D eigenvalue weighted by atomic mass is 10.1. The summed E-state index contributed by atoms with van der Waals surface area (Å²) in [7, 11) is 0. The summed E-state index contributed by atoms with van der Waals surface area (Å²) >= 11 is 1.97. The first-order chi connectivity index (χ1) is 5.85. The summed E-state index contributed by atoms with van der Waals surface area (Å²) < 4.78 is 0.339. The van der Waals surface area contributed by atoms with Gasteiger partial charge in [0, 0.05) is 16.5 Å². The summed E-state index contributed by atoms with van der Waals surface area (Å²) in [6, 6.07) is 0.448. The minimum absolute atomic E-state index is 0.339. The first-order valence-corrected chi connectivity index (χ1v) is 5.94. The number of thioether (sulfide) groups is 1. The third kappa shape index (κ3) is 8.60. The van der Waals surface area contributed by atoms with Crippen molar-refractivity contribution in [3.8, 4) is 0 Å². The van der Waals surface area contributed by atoms with E-state index in [0.29, 0.717) is 16.7 Å². The maximum absolute atomic E-state index is 5.49. The zero-order valence-electron chi connectivity index (χ0n) is 9.55. The second-order valence-electron chi connectivity index (χ2n) is 4.92. The number of nitrogens with two attached hydrogens (primary N) is 1. The monoisotopic (exact) mass is 204 g/mol. The molecule has 0 saturated heterocycles. The Bertz CT molecular complexity index is 129. The Hall–Kier alpha value is 0.270. The maximum atomic E-state index is 5.49. The molecule has 0 bridgehead atoms. The summed E-state index contributed by atoms with van der Waals surface area (Å²) in [6.45, 7) is 11.2. The fourth-order valence-electron chi connectivity index (χ4n) is 1.10. The summed E-state index contributed by atoms with van der Waals surface area (Å²) in [5, 5.41) is 0. The second-order valence-corrected chi connectivity index (χ2v) is 6.76. The molecule has 0 fully saturated rings. The molecule has 0 spiro atoms. The van der Waals surface area contributed by atoms with Crippen LogP contribution in [-0.4, -0.2) is 16.5 Å². The number of hydrogen-bond acceptors (Lipinski definition) is 3. The molecule has 0 aliphatic heterocycles. The van der Waals surface area contributed by atoms with Crippen molar-refractivity contribution in [2.45, 2.75) is 51.8 Å². The van der Waals surface area contributed by atoms with Crippen LogP contribution in [0.25, 0.3) is 0 Å². The number of hydrazine groups is 1. The van der Waals surface area contributed by atoms with Crippen molar-refractivity contribution in [2.75, 3.05) is 5.75 Å². The standard InChI is InChI=1S/C10H24N2S/c1-8(2)6-9(12-11)7-13-10(3,4)5/h8-9,12H,6-7,11H2,1-5H3. The Morgan fingerprint density at radius 1 is 1.31 bits per heavy atom. The van der Waals surface area contributed by atoms with Gasteiger partial charge in [-0.1, -0.05) is 34.6 Å². The van der Waals surface area contributed by atoms with Gasteiger partial charge in [-0.15, -0.1) is 0 Å². The molecule has 13 heavy (non-hydrogen) atoms. The Balaban J connectivity index is 3.72. The van der Waals surface area contributed by atoms with Gasteiger partial charge in [0.2, 0.25) is 0 Å². The predicted octanol–water partition coefficient (Wildman–Crippen LogP) is 2.40. The van der Waals surface area contributed by atoms with E-state index in [-0.39, 0.29) is 0 Å². The molecular weight excluding hydrogens is 180 g/mol. The van der Waals surface area contributed by atoms with Crippen LogP contribution in [0.3, 0.4) is 0 Å². The van der Waals surface area contributed by atoms with E-state index in [0.717, 1.165) is 12.2 Å². The van der Waals surface area contributed by atoms with Crippen LogP contribution in [0.2, 0.25) is 0 Å². The SMILES string of the molecule is CC(C)CC(CSC(C)(C)C)NN. The van der Waals surface area contributed by atoms with E-state index in [4.69, 9.17) is 5.84 Å². The summed E-state index contributed by atoms with van der Waals surface area (Å²) in [5.41, 5.74) is 2.89. The van der Waals surface area contributed by atoms with Crippen LogP contribution in [0.5, 0.6) is 0 Å². The Labute approximate surface area is 87.0 Å². The van der Waals surface area contributed by atoms with E-state index in [1.54, 1.807) is 0 Å². The first-order valence-electron chi connectivity index (χ1n) is 4.95. The van der Waals surface area contributed by atoms with E-state index in [1.165, 1.54) is 0 Å². The first kappa shape index (κ1) is 13.3. The van der Waals surface area contributed by atoms with Gasteiger partial charge in [-0.25, -0.2) is 0 Å². The van der Waals surface area contributed by atoms with Crippen molar-refractivity contribution >= 4 is 11.8 Å². The molecule has 0 aromatic carbocycles. The van der Waals surface area contributed by atoms with Gasteiger partial charge in [0.25, 0.3) is 0 Å². The van der Waals surface area contributed by atoms with Crippen molar-refractivity contribution < 1.29 is 0 Å². The van der Waals surface area contributed by atoms with Crippen LogP contribution in [0.1, 0.15) is 41.0 Å². The van der Waals surface area contributed by atoms with Crippen molar-refractivity contribution in [1.29, 1.82) is 0 Å². The lowest BCUT2D eigenvalue weighted by Gasteiger charge is -2.23. The molecule has 80 valence electrons. The summed E-state index contributed by atoms with van der Waals surface area (Å²) in [5.74, 6) is 7.29. The normalized spacial score (nSPS) is 15.0. The molecule has 0 aliphatic rings. The van der Waals surface area contributed by atoms with Crippen LogP contribution in [0.15, 0.2) is 0 Å². The van der Waals surface area contributed by atoms with E-state index in [9.17, 15) is 0 Å². The molecule has 3 heteroatoms. The maximum Gasteiger partial charge on any atom is 0.0303 e. The quantitative estimate of drug-likeness (QED) is 0.533. The van der Waals surface area contributed by atoms with Crippen LogP contribution in [0, 0.1) is 5.92 Å². The molecule has 3 N–H and O–H groups in total. The van der Waals surface area contributed by atoms with Gasteiger partial charge in [0.15, 0.2) is 0 Å². The predicted molar refractivity (Wildman–Crippen MR) is 62.8 cm³/mol. The highest BCUT2D eigenvalue weighted by molar-refractivity contribution is 8.00. The van der Waals surface area contributed by atoms with Crippen LogP contribution in [-0.2, 0) is 0 Å². The Morgan fingerprint density at radius 2 is 1.85 bits per heavy atom. The molecular formula is C10H24N2S. The number of hydrogen-bond donors (Lipinski definition) is 2. The molecule has 2 nitrogen and oxygen atoms in total. The van der Waals surface area contributed by atoms with Crippen molar-refractivity contribution in [3.05, 3.63) is 0 Å². The van der Waals surface area contributed by atoms with Gasteiger partial charge in [-0.05, 0) is 12.3 Å². The van der Waals surface area contributed by atoms with Gasteiger partial charge >= 0.3 is 0 Å². The molecule has 0 saturated carbocycles. The minimum Gasteiger partial charge on any atom is -0.271 e. The third-order valence-electron chi connectivity index (χ3n) is 1.71. The van der Waals surface area contributed by atoms with Gasteiger partial charge in [-0.3, -0.25) is 11.3 Å². The van der Waals surface area contributed by atoms with Crippen molar-refractivity contribution in [3.63, 3.8) is 0 Å². The summed E-state index contributed by atoms with van der Waals surface area (Å²) in [6.07, 6.45) is 1.15. The number of nitrogens with one attached hydrogen (secondary N) is 1. The van der Waals surface area contributed by atoms with E-state index in [1.807, 2.05) is 11.8 Å². The molecule has 1 unspecified atom stereocenters.